The summed E-state index contributed by atoms with van der Waals surface area (Å²) in [6.45, 7) is 1.52. The minimum atomic E-state index is -3.46. The Hall–Kier alpha value is -2.55. The molecule has 22 heavy (non-hydrogen) atoms. The van der Waals surface area contributed by atoms with E-state index in [-0.39, 0.29) is 17.5 Å². The zero-order chi connectivity index (χ0) is 15.6. The van der Waals surface area contributed by atoms with Crippen molar-refractivity contribution in [1.29, 1.82) is 0 Å². The van der Waals surface area contributed by atoms with E-state index in [1.54, 1.807) is 24.3 Å². The topological polar surface area (TPSA) is 115 Å². The number of aromatic amines is 1. The highest BCUT2D eigenvalue weighted by molar-refractivity contribution is 7.90. The summed E-state index contributed by atoms with van der Waals surface area (Å²) in [6, 6.07) is 8.95. The number of H-pyrrole nitrogens is 1. The second-order valence-electron chi connectivity index (χ2n) is 4.73. The molecule has 0 saturated carbocycles. The first kappa shape index (κ1) is 14.4. The number of sulfone groups is 1. The van der Waals surface area contributed by atoms with Crippen molar-refractivity contribution in [2.45, 2.75) is 17.9 Å². The van der Waals surface area contributed by atoms with Gasteiger partial charge in [-0.3, -0.25) is 5.10 Å². The Kier molecular flexibility index (Phi) is 3.72. The molecule has 1 aromatic carbocycles. The number of benzene rings is 1. The van der Waals surface area contributed by atoms with Crippen molar-refractivity contribution in [3.63, 3.8) is 0 Å². The van der Waals surface area contributed by atoms with Crippen molar-refractivity contribution in [3.05, 3.63) is 48.1 Å². The van der Waals surface area contributed by atoms with Crippen LogP contribution in [0.5, 0.6) is 0 Å². The third-order valence-corrected chi connectivity index (χ3v) is 5.18. The van der Waals surface area contributed by atoms with Gasteiger partial charge in [-0.1, -0.05) is 35.5 Å². The van der Waals surface area contributed by atoms with Gasteiger partial charge in [0.15, 0.2) is 15.7 Å². The van der Waals surface area contributed by atoms with Crippen LogP contribution in [0.1, 0.15) is 23.6 Å². The summed E-state index contributed by atoms with van der Waals surface area (Å²) < 4.78 is 29.9. The lowest BCUT2D eigenvalue weighted by Crippen LogP contribution is -2.13. The van der Waals surface area contributed by atoms with E-state index < -0.39 is 15.1 Å². The van der Waals surface area contributed by atoms with Crippen molar-refractivity contribution in [3.8, 4) is 11.6 Å². The summed E-state index contributed by atoms with van der Waals surface area (Å²) in [6.07, 6.45) is 1.31. The van der Waals surface area contributed by atoms with E-state index in [9.17, 15) is 8.42 Å². The Balaban J connectivity index is 1.82. The molecular formula is C13H13N5O3S. The summed E-state index contributed by atoms with van der Waals surface area (Å²) in [5.41, 5.74) is 0.712. The Morgan fingerprint density at radius 3 is 2.73 bits per heavy atom. The van der Waals surface area contributed by atoms with E-state index >= 15 is 0 Å². The number of hydrogen-bond donors (Lipinski definition) is 1. The number of nitrogens with zero attached hydrogens (tertiary/aromatic N) is 4. The fourth-order valence-electron chi connectivity index (χ4n) is 1.89. The maximum atomic E-state index is 12.4. The Bertz CT molecular complexity index is 843. The minimum Gasteiger partial charge on any atom is -0.337 e. The lowest BCUT2D eigenvalue weighted by molar-refractivity contribution is 0.376. The maximum absolute atomic E-state index is 12.4. The van der Waals surface area contributed by atoms with E-state index in [2.05, 4.69) is 25.3 Å². The third kappa shape index (κ3) is 2.89. The molecule has 9 heteroatoms. The molecule has 0 aliphatic rings. The smallest absolute Gasteiger partial charge is 0.245 e. The van der Waals surface area contributed by atoms with Gasteiger partial charge in [0.1, 0.15) is 11.6 Å². The standard InChI is InChI=1S/C13H13N5O3S/c1-9(22(19,20)7-10-5-3-2-4-6-10)13-16-12(18-21-13)11-14-8-15-17-11/h2-6,8-9H,7H2,1H3,(H,14,15,17). The highest BCUT2D eigenvalue weighted by Gasteiger charge is 2.28. The average Bonchev–Trinajstić information content (AvgIpc) is 3.18. The molecule has 1 atom stereocenters. The molecule has 0 aliphatic heterocycles. The summed E-state index contributed by atoms with van der Waals surface area (Å²) in [5.74, 6) is 0.439. The molecule has 8 nitrogen and oxygen atoms in total. The molecule has 3 rings (SSSR count). The molecule has 2 aromatic heterocycles. The Morgan fingerprint density at radius 2 is 2.05 bits per heavy atom. The first-order valence-electron chi connectivity index (χ1n) is 6.51. The monoisotopic (exact) mass is 319 g/mol. The molecule has 0 fully saturated rings. The fraction of sp³-hybridized carbons (Fsp3) is 0.231. The molecule has 0 amide bonds. The number of rotatable bonds is 5. The van der Waals surface area contributed by atoms with Gasteiger partial charge in [-0.25, -0.2) is 13.4 Å². The predicted octanol–water partition coefficient (Wildman–Crippen LogP) is 1.53. The van der Waals surface area contributed by atoms with Crippen molar-refractivity contribution in [2.24, 2.45) is 0 Å². The van der Waals surface area contributed by atoms with E-state index in [0.717, 1.165) is 0 Å². The highest BCUT2D eigenvalue weighted by Crippen LogP contribution is 2.25. The molecule has 1 N–H and O–H groups in total. The first-order chi connectivity index (χ1) is 10.6. The molecule has 0 bridgehead atoms. The van der Waals surface area contributed by atoms with Gasteiger partial charge >= 0.3 is 0 Å². The summed E-state index contributed by atoms with van der Waals surface area (Å²) in [5, 5.41) is 9.08. The highest BCUT2D eigenvalue weighted by atomic mass is 32.2. The lowest BCUT2D eigenvalue weighted by atomic mass is 10.2. The lowest BCUT2D eigenvalue weighted by Gasteiger charge is -2.08. The van der Waals surface area contributed by atoms with Crippen LogP contribution in [0.2, 0.25) is 0 Å². The van der Waals surface area contributed by atoms with E-state index in [1.165, 1.54) is 13.3 Å². The maximum Gasteiger partial charge on any atom is 0.245 e. The molecule has 0 aliphatic carbocycles. The Labute approximate surface area is 126 Å². The third-order valence-electron chi connectivity index (χ3n) is 3.17. The van der Waals surface area contributed by atoms with E-state index in [0.29, 0.717) is 11.4 Å². The van der Waals surface area contributed by atoms with Crippen LogP contribution in [0, 0.1) is 0 Å². The van der Waals surface area contributed by atoms with Gasteiger partial charge in [0, 0.05) is 0 Å². The van der Waals surface area contributed by atoms with Crippen LogP contribution in [-0.4, -0.2) is 33.7 Å². The fourth-order valence-corrected chi connectivity index (χ4v) is 3.20. The number of nitrogens with one attached hydrogen (secondary N) is 1. The Morgan fingerprint density at radius 1 is 1.27 bits per heavy atom. The first-order valence-corrected chi connectivity index (χ1v) is 8.22. The van der Waals surface area contributed by atoms with Crippen molar-refractivity contribution >= 4 is 9.84 Å². The van der Waals surface area contributed by atoms with Crippen molar-refractivity contribution < 1.29 is 12.9 Å². The van der Waals surface area contributed by atoms with Gasteiger partial charge in [-0.15, -0.1) is 0 Å². The summed E-state index contributed by atoms with van der Waals surface area (Å²) in [7, 11) is -3.46. The van der Waals surface area contributed by atoms with Gasteiger partial charge in [0.2, 0.25) is 11.7 Å². The van der Waals surface area contributed by atoms with E-state index in [1.807, 2.05) is 6.07 Å². The molecule has 2 heterocycles. The van der Waals surface area contributed by atoms with E-state index in [4.69, 9.17) is 4.52 Å². The molecular weight excluding hydrogens is 306 g/mol. The van der Waals surface area contributed by atoms with Crippen LogP contribution < -0.4 is 0 Å². The van der Waals surface area contributed by atoms with Gasteiger partial charge < -0.3 is 4.52 Å². The largest absolute Gasteiger partial charge is 0.337 e. The van der Waals surface area contributed by atoms with Crippen LogP contribution in [0.25, 0.3) is 11.6 Å². The summed E-state index contributed by atoms with van der Waals surface area (Å²) >= 11 is 0. The second-order valence-corrected chi connectivity index (χ2v) is 7.05. The minimum absolute atomic E-state index is 0.0299. The van der Waals surface area contributed by atoms with Gasteiger partial charge in [-0.2, -0.15) is 10.1 Å². The summed E-state index contributed by atoms with van der Waals surface area (Å²) in [4.78, 5) is 7.96. The zero-order valence-electron chi connectivity index (χ0n) is 11.7. The molecule has 1 unspecified atom stereocenters. The van der Waals surface area contributed by atoms with Crippen LogP contribution in [0.4, 0.5) is 0 Å². The number of aromatic nitrogens is 5. The molecule has 0 spiro atoms. The van der Waals surface area contributed by atoms with Crippen LogP contribution in [0.3, 0.4) is 0 Å². The predicted molar refractivity (Wildman–Crippen MR) is 77.2 cm³/mol. The average molecular weight is 319 g/mol. The van der Waals surface area contributed by atoms with Gasteiger partial charge in [0.25, 0.3) is 0 Å². The van der Waals surface area contributed by atoms with Crippen LogP contribution >= 0.6 is 0 Å². The second kappa shape index (κ2) is 5.68. The van der Waals surface area contributed by atoms with Crippen molar-refractivity contribution in [2.75, 3.05) is 0 Å². The van der Waals surface area contributed by atoms with Crippen LogP contribution in [0.15, 0.2) is 41.2 Å². The quantitative estimate of drug-likeness (QED) is 0.758. The van der Waals surface area contributed by atoms with Crippen molar-refractivity contribution in [1.82, 2.24) is 25.3 Å². The molecule has 0 radical (unpaired) electrons. The van der Waals surface area contributed by atoms with Crippen LogP contribution in [-0.2, 0) is 15.6 Å². The molecule has 0 saturated heterocycles. The normalized spacial score (nSPS) is 13.1. The zero-order valence-corrected chi connectivity index (χ0v) is 12.5. The van der Waals surface area contributed by atoms with Gasteiger partial charge in [0.05, 0.1) is 5.75 Å². The SMILES string of the molecule is CC(c1nc(-c2ncn[nH]2)no1)S(=O)(=O)Cc1ccccc1. The molecule has 3 aromatic rings. The van der Waals surface area contributed by atoms with Gasteiger partial charge in [-0.05, 0) is 12.5 Å². The molecule has 114 valence electrons. The number of hydrogen-bond acceptors (Lipinski definition) is 7.